The van der Waals surface area contributed by atoms with Crippen molar-refractivity contribution in [2.75, 3.05) is 17.2 Å². The Morgan fingerprint density at radius 2 is 1.67 bits per heavy atom. The van der Waals surface area contributed by atoms with Gasteiger partial charge in [0.25, 0.3) is 17.5 Å². The van der Waals surface area contributed by atoms with Gasteiger partial charge in [-0.25, -0.2) is 0 Å². The first-order valence-electron chi connectivity index (χ1n) is 8.76. The second-order valence-electron chi connectivity index (χ2n) is 6.07. The summed E-state index contributed by atoms with van der Waals surface area (Å²) in [5.74, 6) is -0.763. The molecule has 0 spiro atoms. The van der Waals surface area contributed by atoms with Crippen LogP contribution in [0.5, 0.6) is 5.75 Å². The maximum atomic E-state index is 12.5. The van der Waals surface area contributed by atoms with Gasteiger partial charge in [0.05, 0.1) is 21.2 Å². The highest BCUT2D eigenvalue weighted by atomic mass is 35.5. The number of nitrogens with one attached hydrogen (secondary N) is 2. The number of carbonyl (C=O) groups is 2. The maximum Gasteiger partial charge on any atom is 0.271 e. The molecule has 0 aromatic heterocycles. The van der Waals surface area contributed by atoms with Gasteiger partial charge in [0.15, 0.2) is 6.61 Å². The summed E-state index contributed by atoms with van der Waals surface area (Å²) >= 11 is 5.97. The van der Waals surface area contributed by atoms with Gasteiger partial charge in [-0.1, -0.05) is 41.9 Å². The van der Waals surface area contributed by atoms with Gasteiger partial charge in [0.2, 0.25) is 0 Å². The molecule has 0 saturated heterocycles. The summed E-state index contributed by atoms with van der Waals surface area (Å²) in [5, 5.41) is 16.2. The van der Waals surface area contributed by atoms with Crippen LogP contribution in [0.2, 0.25) is 5.02 Å². The van der Waals surface area contributed by atoms with Crippen molar-refractivity contribution in [3.8, 4) is 5.75 Å². The molecule has 2 N–H and O–H groups in total. The molecule has 0 fully saturated rings. The van der Waals surface area contributed by atoms with E-state index in [1.807, 2.05) is 6.07 Å². The van der Waals surface area contributed by atoms with Crippen LogP contribution in [0, 0.1) is 10.1 Å². The molecule has 3 aromatic rings. The molecule has 0 unspecified atom stereocenters. The molecule has 8 nitrogen and oxygen atoms in total. The minimum absolute atomic E-state index is 0.0922. The third kappa shape index (κ3) is 5.33. The second kappa shape index (κ2) is 9.53. The summed E-state index contributed by atoms with van der Waals surface area (Å²) in [6.45, 7) is -0.422. The summed E-state index contributed by atoms with van der Waals surface area (Å²) in [4.78, 5) is 35.1. The number of benzene rings is 3. The lowest BCUT2D eigenvalue weighted by atomic mass is 10.2. The predicted octanol–water partition coefficient (Wildman–Crippen LogP) is 4.52. The number of halogens is 1. The lowest BCUT2D eigenvalue weighted by Crippen LogP contribution is -2.22. The Labute approximate surface area is 176 Å². The summed E-state index contributed by atoms with van der Waals surface area (Å²) in [6, 6.07) is 19.1. The number of para-hydroxylation sites is 2. The van der Waals surface area contributed by atoms with Crippen LogP contribution in [-0.2, 0) is 4.79 Å². The SMILES string of the molecule is O=C(COc1ccccc1C(=O)Nc1ccccc1)Nc1cc([N+](=O)[O-])ccc1Cl. The van der Waals surface area contributed by atoms with Crippen molar-refractivity contribution in [1.82, 2.24) is 0 Å². The average molecular weight is 426 g/mol. The molecular formula is C21H16ClN3O5. The van der Waals surface area contributed by atoms with E-state index in [1.54, 1.807) is 48.5 Å². The van der Waals surface area contributed by atoms with Gasteiger partial charge in [-0.3, -0.25) is 19.7 Å². The number of hydrogen-bond donors (Lipinski definition) is 2. The van der Waals surface area contributed by atoms with Crippen LogP contribution < -0.4 is 15.4 Å². The Balaban J connectivity index is 1.66. The Kier molecular flexibility index (Phi) is 6.61. The van der Waals surface area contributed by atoms with E-state index in [1.165, 1.54) is 12.1 Å². The normalized spacial score (nSPS) is 10.2. The number of nitrogens with zero attached hydrogens (tertiary/aromatic N) is 1. The van der Waals surface area contributed by atoms with Crippen LogP contribution in [-0.4, -0.2) is 23.3 Å². The molecule has 2 amide bonds. The minimum Gasteiger partial charge on any atom is -0.483 e. The largest absolute Gasteiger partial charge is 0.483 e. The standard InChI is InChI=1S/C21H16ClN3O5/c22-17-11-10-15(25(28)29)12-18(17)24-20(26)13-30-19-9-5-4-8-16(19)21(27)23-14-6-2-1-3-7-14/h1-12H,13H2,(H,23,27)(H,24,26). The van der Waals surface area contributed by atoms with E-state index in [0.29, 0.717) is 5.69 Å². The number of carbonyl (C=O) groups excluding carboxylic acids is 2. The topological polar surface area (TPSA) is 111 Å². The van der Waals surface area contributed by atoms with Crippen molar-refractivity contribution >= 4 is 40.5 Å². The number of nitro groups is 1. The van der Waals surface area contributed by atoms with Crippen LogP contribution in [0.25, 0.3) is 0 Å². The van der Waals surface area contributed by atoms with Crippen LogP contribution >= 0.6 is 11.6 Å². The molecule has 0 aliphatic carbocycles. The predicted molar refractivity (Wildman–Crippen MR) is 113 cm³/mol. The van der Waals surface area contributed by atoms with Crippen molar-refractivity contribution < 1.29 is 19.2 Å². The van der Waals surface area contributed by atoms with E-state index in [2.05, 4.69) is 10.6 Å². The monoisotopic (exact) mass is 425 g/mol. The molecule has 0 aliphatic rings. The minimum atomic E-state index is -0.593. The van der Waals surface area contributed by atoms with Crippen molar-refractivity contribution in [3.05, 3.63) is 93.5 Å². The van der Waals surface area contributed by atoms with Crippen LogP contribution in [0.1, 0.15) is 10.4 Å². The zero-order valence-electron chi connectivity index (χ0n) is 15.5. The third-order valence-electron chi connectivity index (χ3n) is 3.96. The third-order valence-corrected chi connectivity index (χ3v) is 4.29. The molecule has 0 aliphatic heterocycles. The number of non-ortho nitro benzene ring substituents is 1. The van der Waals surface area contributed by atoms with Gasteiger partial charge in [-0.05, 0) is 30.3 Å². The highest BCUT2D eigenvalue weighted by Gasteiger charge is 2.15. The van der Waals surface area contributed by atoms with Gasteiger partial charge in [-0.15, -0.1) is 0 Å². The molecular weight excluding hydrogens is 410 g/mol. The number of hydrogen-bond acceptors (Lipinski definition) is 5. The Morgan fingerprint density at radius 3 is 2.40 bits per heavy atom. The number of anilines is 2. The van der Waals surface area contributed by atoms with E-state index in [4.69, 9.17) is 16.3 Å². The van der Waals surface area contributed by atoms with Crippen molar-refractivity contribution in [2.45, 2.75) is 0 Å². The van der Waals surface area contributed by atoms with Gasteiger partial charge in [0, 0.05) is 17.8 Å². The van der Waals surface area contributed by atoms with Gasteiger partial charge < -0.3 is 15.4 Å². The molecule has 30 heavy (non-hydrogen) atoms. The number of ether oxygens (including phenoxy) is 1. The number of nitro benzene ring substituents is 1. The fraction of sp³-hybridized carbons (Fsp3) is 0.0476. The second-order valence-corrected chi connectivity index (χ2v) is 6.48. The molecule has 0 bridgehead atoms. The maximum absolute atomic E-state index is 12.5. The van der Waals surface area contributed by atoms with Crippen molar-refractivity contribution in [3.63, 3.8) is 0 Å². The van der Waals surface area contributed by atoms with Crippen molar-refractivity contribution in [1.29, 1.82) is 0 Å². The molecule has 3 aromatic carbocycles. The van der Waals surface area contributed by atoms with Crippen LogP contribution in [0.4, 0.5) is 17.1 Å². The van der Waals surface area contributed by atoms with E-state index in [0.717, 1.165) is 6.07 Å². The average Bonchev–Trinajstić information content (AvgIpc) is 2.74. The quantitative estimate of drug-likeness (QED) is 0.427. The fourth-order valence-corrected chi connectivity index (χ4v) is 2.72. The van der Waals surface area contributed by atoms with E-state index in [9.17, 15) is 19.7 Å². The summed E-state index contributed by atoms with van der Waals surface area (Å²) in [5.41, 5.74) is 0.756. The van der Waals surface area contributed by atoms with Crippen molar-refractivity contribution in [2.24, 2.45) is 0 Å². The zero-order chi connectivity index (χ0) is 21.5. The van der Waals surface area contributed by atoms with Crippen LogP contribution in [0.3, 0.4) is 0 Å². The van der Waals surface area contributed by atoms with E-state index < -0.39 is 17.4 Å². The lowest BCUT2D eigenvalue weighted by Gasteiger charge is -2.12. The highest BCUT2D eigenvalue weighted by Crippen LogP contribution is 2.27. The molecule has 0 saturated carbocycles. The number of rotatable bonds is 7. The van der Waals surface area contributed by atoms with Crippen LogP contribution in [0.15, 0.2) is 72.8 Å². The van der Waals surface area contributed by atoms with Gasteiger partial charge in [0.1, 0.15) is 5.75 Å². The Bertz CT molecular complexity index is 1090. The molecule has 0 radical (unpaired) electrons. The Morgan fingerprint density at radius 1 is 0.967 bits per heavy atom. The smallest absolute Gasteiger partial charge is 0.271 e. The number of amides is 2. The molecule has 9 heteroatoms. The summed E-state index contributed by atoms with van der Waals surface area (Å²) < 4.78 is 5.50. The molecule has 0 atom stereocenters. The highest BCUT2D eigenvalue weighted by molar-refractivity contribution is 6.33. The Hall–Kier alpha value is -3.91. The van der Waals surface area contributed by atoms with E-state index in [-0.39, 0.29) is 33.6 Å². The summed E-state index contributed by atoms with van der Waals surface area (Å²) in [6.07, 6.45) is 0. The zero-order valence-corrected chi connectivity index (χ0v) is 16.3. The van der Waals surface area contributed by atoms with E-state index >= 15 is 0 Å². The van der Waals surface area contributed by atoms with Gasteiger partial charge >= 0.3 is 0 Å². The first-order chi connectivity index (χ1) is 14.4. The molecule has 152 valence electrons. The van der Waals surface area contributed by atoms with Gasteiger partial charge in [-0.2, -0.15) is 0 Å². The fourth-order valence-electron chi connectivity index (χ4n) is 2.55. The first-order valence-corrected chi connectivity index (χ1v) is 9.14. The first kappa shape index (κ1) is 20.8. The summed E-state index contributed by atoms with van der Waals surface area (Å²) in [7, 11) is 0. The lowest BCUT2D eigenvalue weighted by molar-refractivity contribution is -0.384. The molecule has 3 rings (SSSR count). The molecule has 0 heterocycles.